The Bertz CT molecular complexity index is 941. The molecule has 0 saturated carbocycles. The molecule has 0 aliphatic heterocycles. The lowest BCUT2D eigenvalue weighted by molar-refractivity contribution is -0.383. The van der Waals surface area contributed by atoms with E-state index in [4.69, 9.17) is 0 Å². The number of hydrogen-bond acceptors (Lipinski definition) is 5. The molecule has 3 aromatic rings. The number of fused-ring (bicyclic) bond motifs is 2. The van der Waals surface area contributed by atoms with Crippen molar-refractivity contribution in [3.63, 3.8) is 0 Å². The third kappa shape index (κ3) is 1.50. The van der Waals surface area contributed by atoms with Crippen molar-refractivity contribution in [2.75, 3.05) is 0 Å². The van der Waals surface area contributed by atoms with Gasteiger partial charge in [-0.2, -0.15) is 9.61 Å². The summed E-state index contributed by atoms with van der Waals surface area (Å²) in [4.78, 5) is 36.7. The molecule has 3 rings (SSSR count). The fourth-order valence-corrected chi connectivity index (χ4v) is 1.91. The quantitative estimate of drug-likeness (QED) is 0.503. The fourth-order valence-electron chi connectivity index (χ4n) is 1.91. The highest BCUT2D eigenvalue weighted by atomic mass is 16.6. The second-order valence-electron chi connectivity index (χ2n) is 3.85. The first-order valence-electron chi connectivity index (χ1n) is 5.27. The summed E-state index contributed by atoms with van der Waals surface area (Å²) >= 11 is 0. The predicted molar refractivity (Wildman–Crippen MR) is 66.2 cm³/mol. The number of nitro groups is 1. The lowest BCUT2D eigenvalue weighted by Crippen LogP contribution is -2.14. The second-order valence-corrected chi connectivity index (χ2v) is 3.85. The average molecular weight is 258 g/mol. The van der Waals surface area contributed by atoms with Gasteiger partial charge in [0.25, 0.3) is 11.1 Å². The van der Waals surface area contributed by atoms with Crippen molar-refractivity contribution in [2.45, 2.75) is 0 Å². The summed E-state index contributed by atoms with van der Waals surface area (Å²) < 4.78 is 0.749. The number of para-hydroxylation sites is 1. The Morgan fingerprint density at radius 1 is 1.26 bits per heavy atom. The minimum Gasteiger partial charge on any atom is -0.320 e. The van der Waals surface area contributed by atoms with Crippen molar-refractivity contribution in [2.24, 2.45) is 0 Å². The molecule has 0 aliphatic rings. The van der Waals surface area contributed by atoms with Crippen molar-refractivity contribution in [1.82, 2.24) is 14.6 Å². The van der Waals surface area contributed by atoms with Crippen LogP contribution in [0.4, 0.5) is 5.69 Å². The van der Waals surface area contributed by atoms with E-state index in [1.54, 1.807) is 18.2 Å². The van der Waals surface area contributed by atoms with E-state index in [1.165, 1.54) is 6.07 Å². The van der Waals surface area contributed by atoms with E-state index >= 15 is 0 Å². The van der Waals surface area contributed by atoms with Gasteiger partial charge >= 0.3 is 5.69 Å². The Hall–Kier alpha value is -3.03. The SMILES string of the molecule is O=c1[nH]c2ccccc2c(=O)n2ncc([N+](=O)[O-])c12. The summed E-state index contributed by atoms with van der Waals surface area (Å²) in [5.74, 6) is 0. The lowest BCUT2D eigenvalue weighted by Gasteiger charge is -1.87. The van der Waals surface area contributed by atoms with E-state index in [2.05, 4.69) is 10.1 Å². The average Bonchev–Trinajstić information content (AvgIpc) is 2.79. The van der Waals surface area contributed by atoms with Crippen molar-refractivity contribution >= 4 is 22.1 Å². The fraction of sp³-hybridized carbons (Fsp3) is 0. The van der Waals surface area contributed by atoms with Crippen LogP contribution in [0.1, 0.15) is 0 Å². The minimum atomic E-state index is -0.748. The summed E-state index contributed by atoms with van der Waals surface area (Å²) in [6.45, 7) is 0. The normalized spacial score (nSPS) is 10.9. The van der Waals surface area contributed by atoms with Crippen LogP contribution in [0.5, 0.6) is 0 Å². The number of aromatic nitrogens is 3. The molecule has 0 saturated heterocycles. The van der Waals surface area contributed by atoms with Crippen LogP contribution in [-0.4, -0.2) is 19.5 Å². The van der Waals surface area contributed by atoms with Crippen LogP contribution in [0.3, 0.4) is 0 Å². The monoisotopic (exact) mass is 258 g/mol. The standard InChI is InChI=1S/C11H6N4O4/c16-10-9-8(15(18)19)5-12-14(9)11(17)6-3-1-2-4-7(6)13-10/h1-5H,(H,13,16). The molecule has 8 heteroatoms. The van der Waals surface area contributed by atoms with Gasteiger partial charge in [-0.3, -0.25) is 19.7 Å². The van der Waals surface area contributed by atoms with Crippen LogP contribution in [0.2, 0.25) is 0 Å². The maximum atomic E-state index is 12.2. The van der Waals surface area contributed by atoms with Crippen molar-refractivity contribution < 1.29 is 4.92 Å². The topological polar surface area (TPSA) is 110 Å². The lowest BCUT2D eigenvalue weighted by atomic mass is 10.2. The zero-order chi connectivity index (χ0) is 13.6. The van der Waals surface area contributed by atoms with Gasteiger partial charge in [-0.15, -0.1) is 0 Å². The highest BCUT2D eigenvalue weighted by molar-refractivity contribution is 5.78. The molecular weight excluding hydrogens is 252 g/mol. The molecule has 0 amide bonds. The van der Waals surface area contributed by atoms with Gasteiger partial charge in [-0.1, -0.05) is 12.1 Å². The Balaban J connectivity index is 2.70. The smallest absolute Gasteiger partial charge is 0.320 e. The van der Waals surface area contributed by atoms with Gasteiger partial charge < -0.3 is 4.98 Å². The number of rotatable bonds is 1. The Morgan fingerprint density at radius 3 is 2.74 bits per heavy atom. The maximum absolute atomic E-state index is 12.2. The first kappa shape index (κ1) is 11.1. The van der Waals surface area contributed by atoms with Crippen LogP contribution < -0.4 is 11.1 Å². The molecule has 94 valence electrons. The molecule has 8 nitrogen and oxygen atoms in total. The number of nitrogens with one attached hydrogen (secondary N) is 1. The van der Waals surface area contributed by atoms with Gasteiger partial charge in [0, 0.05) is 0 Å². The van der Waals surface area contributed by atoms with Gasteiger partial charge in [0.05, 0.1) is 15.8 Å². The predicted octanol–water partition coefficient (Wildman–Crippen LogP) is 0.444. The molecule has 0 radical (unpaired) electrons. The maximum Gasteiger partial charge on any atom is 0.320 e. The van der Waals surface area contributed by atoms with Gasteiger partial charge in [0.15, 0.2) is 0 Å². The highest BCUT2D eigenvalue weighted by Gasteiger charge is 2.19. The molecule has 0 aliphatic carbocycles. The molecule has 1 aromatic carbocycles. The molecule has 2 heterocycles. The minimum absolute atomic E-state index is 0.229. The number of nitrogens with zero attached hydrogens (tertiary/aromatic N) is 3. The molecule has 2 aromatic heterocycles. The Morgan fingerprint density at radius 2 is 2.00 bits per heavy atom. The van der Waals surface area contributed by atoms with Gasteiger partial charge in [0.2, 0.25) is 5.52 Å². The van der Waals surface area contributed by atoms with Crippen LogP contribution in [0.25, 0.3) is 16.4 Å². The number of benzene rings is 1. The van der Waals surface area contributed by atoms with E-state index in [-0.39, 0.29) is 10.9 Å². The van der Waals surface area contributed by atoms with E-state index in [1.807, 2.05) is 0 Å². The molecule has 1 N–H and O–H groups in total. The van der Waals surface area contributed by atoms with Gasteiger partial charge in [-0.25, -0.2) is 0 Å². The summed E-state index contributed by atoms with van der Waals surface area (Å²) in [7, 11) is 0. The largest absolute Gasteiger partial charge is 0.320 e. The molecule has 0 bridgehead atoms. The van der Waals surface area contributed by atoms with E-state index in [0.717, 1.165) is 10.7 Å². The van der Waals surface area contributed by atoms with Gasteiger partial charge in [0.1, 0.15) is 6.20 Å². The third-order valence-electron chi connectivity index (χ3n) is 2.76. The van der Waals surface area contributed by atoms with E-state index in [0.29, 0.717) is 5.52 Å². The molecular formula is C11H6N4O4. The van der Waals surface area contributed by atoms with Gasteiger partial charge in [-0.05, 0) is 12.1 Å². The van der Waals surface area contributed by atoms with E-state index < -0.39 is 21.7 Å². The van der Waals surface area contributed by atoms with E-state index in [9.17, 15) is 19.7 Å². The molecule has 0 spiro atoms. The summed E-state index contributed by atoms with van der Waals surface area (Å²) in [6, 6.07) is 6.34. The highest BCUT2D eigenvalue weighted by Crippen LogP contribution is 2.14. The van der Waals surface area contributed by atoms with Crippen molar-refractivity contribution in [1.29, 1.82) is 0 Å². The zero-order valence-electron chi connectivity index (χ0n) is 9.36. The van der Waals surface area contributed by atoms with Crippen molar-refractivity contribution in [3.05, 3.63) is 61.3 Å². The first-order chi connectivity index (χ1) is 9.09. The van der Waals surface area contributed by atoms with Crippen LogP contribution in [0, 0.1) is 10.1 Å². The summed E-state index contributed by atoms with van der Waals surface area (Å²) in [5.41, 5.74) is -1.89. The molecule has 0 unspecified atom stereocenters. The number of hydrogen-bond donors (Lipinski definition) is 1. The second kappa shape index (κ2) is 3.73. The molecule has 0 fully saturated rings. The summed E-state index contributed by atoms with van der Waals surface area (Å²) in [6.07, 6.45) is 0.890. The third-order valence-corrected chi connectivity index (χ3v) is 2.76. The molecule has 19 heavy (non-hydrogen) atoms. The zero-order valence-corrected chi connectivity index (χ0v) is 9.36. The Kier molecular flexibility index (Phi) is 2.18. The first-order valence-corrected chi connectivity index (χ1v) is 5.27. The van der Waals surface area contributed by atoms with Crippen molar-refractivity contribution in [3.8, 4) is 0 Å². The number of H-pyrrole nitrogens is 1. The van der Waals surface area contributed by atoms with Crippen LogP contribution >= 0.6 is 0 Å². The number of aromatic amines is 1. The van der Waals surface area contributed by atoms with Crippen LogP contribution in [0.15, 0.2) is 40.1 Å². The Labute approximate surface area is 104 Å². The summed E-state index contributed by atoms with van der Waals surface area (Å²) in [5, 5.41) is 14.7. The van der Waals surface area contributed by atoms with Crippen LogP contribution in [-0.2, 0) is 0 Å². The molecule has 0 atom stereocenters.